The summed E-state index contributed by atoms with van der Waals surface area (Å²) in [5, 5.41) is 11.2. The first-order chi connectivity index (χ1) is 7.76. The Morgan fingerprint density at radius 3 is 3.00 bits per heavy atom. The summed E-state index contributed by atoms with van der Waals surface area (Å²) in [5.74, 6) is 0.678. The maximum Gasteiger partial charge on any atom is 0.224 e. The second-order valence-electron chi connectivity index (χ2n) is 3.33. The standard InChI is InChI=1S/C12H17NO3/c1-2-16-11-5-3-4-10(8-11)9-12(15)13-6-7-14/h3-5,8,14H,2,6-7,9H2,1H3,(H,13,15). The van der Waals surface area contributed by atoms with Gasteiger partial charge in [0.1, 0.15) is 5.75 Å². The minimum absolute atomic E-state index is 0.0370. The Morgan fingerprint density at radius 2 is 2.31 bits per heavy atom. The normalized spacial score (nSPS) is 9.88. The highest BCUT2D eigenvalue weighted by molar-refractivity contribution is 5.78. The molecule has 1 aromatic rings. The summed E-state index contributed by atoms with van der Waals surface area (Å²) in [4.78, 5) is 11.4. The molecule has 0 bridgehead atoms. The van der Waals surface area contributed by atoms with E-state index in [0.717, 1.165) is 11.3 Å². The SMILES string of the molecule is CCOc1cccc(CC(=O)NCCO)c1. The number of amides is 1. The van der Waals surface area contributed by atoms with Crippen LogP contribution in [0.4, 0.5) is 0 Å². The number of benzene rings is 1. The smallest absolute Gasteiger partial charge is 0.224 e. The van der Waals surface area contributed by atoms with Crippen molar-refractivity contribution in [3.8, 4) is 5.75 Å². The number of nitrogens with one attached hydrogen (secondary N) is 1. The summed E-state index contributed by atoms with van der Waals surface area (Å²) in [6.45, 7) is 2.79. The van der Waals surface area contributed by atoms with Gasteiger partial charge in [-0.1, -0.05) is 12.1 Å². The molecule has 0 aliphatic heterocycles. The zero-order chi connectivity index (χ0) is 11.8. The van der Waals surface area contributed by atoms with Gasteiger partial charge in [0.2, 0.25) is 5.91 Å². The van der Waals surface area contributed by atoms with Crippen LogP contribution < -0.4 is 10.1 Å². The Kier molecular flexibility index (Phi) is 5.36. The van der Waals surface area contributed by atoms with E-state index < -0.39 is 0 Å². The third kappa shape index (κ3) is 4.31. The highest BCUT2D eigenvalue weighted by atomic mass is 16.5. The topological polar surface area (TPSA) is 58.6 Å². The summed E-state index contributed by atoms with van der Waals surface area (Å²) in [6, 6.07) is 7.45. The van der Waals surface area contributed by atoms with Crippen LogP contribution in [0.1, 0.15) is 12.5 Å². The van der Waals surface area contributed by atoms with Gasteiger partial charge in [0.25, 0.3) is 0 Å². The van der Waals surface area contributed by atoms with Gasteiger partial charge in [0.15, 0.2) is 0 Å². The van der Waals surface area contributed by atoms with E-state index in [-0.39, 0.29) is 12.5 Å². The highest BCUT2D eigenvalue weighted by Crippen LogP contribution is 2.13. The number of carbonyl (C=O) groups is 1. The monoisotopic (exact) mass is 223 g/mol. The lowest BCUT2D eigenvalue weighted by Crippen LogP contribution is -2.27. The number of hydrogen-bond donors (Lipinski definition) is 2. The maximum absolute atomic E-state index is 11.4. The van der Waals surface area contributed by atoms with E-state index in [2.05, 4.69) is 5.32 Å². The number of hydrogen-bond acceptors (Lipinski definition) is 3. The molecule has 0 heterocycles. The minimum atomic E-state index is -0.0947. The van der Waals surface area contributed by atoms with Crippen molar-refractivity contribution in [2.45, 2.75) is 13.3 Å². The van der Waals surface area contributed by atoms with Crippen LogP contribution in [0.5, 0.6) is 5.75 Å². The molecule has 0 radical (unpaired) electrons. The fourth-order valence-corrected chi connectivity index (χ4v) is 1.36. The third-order valence-corrected chi connectivity index (χ3v) is 2.01. The summed E-state index contributed by atoms with van der Waals surface area (Å²) in [6.07, 6.45) is 0.306. The molecule has 0 saturated carbocycles. The Hall–Kier alpha value is -1.55. The van der Waals surface area contributed by atoms with Gasteiger partial charge >= 0.3 is 0 Å². The molecule has 88 valence electrons. The molecule has 4 nitrogen and oxygen atoms in total. The van der Waals surface area contributed by atoms with Crippen molar-refractivity contribution in [2.75, 3.05) is 19.8 Å². The van der Waals surface area contributed by atoms with Gasteiger partial charge in [0, 0.05) is 6.54 Å². The van der Waals surface area contributed by atoms with Gasteiger partial charge in [-0.3, -0.25) is 4.79 Å². The van der Waals surface area contributed by atoms with Crippen LogP contribution in [0.2, 0.25) is 0 Å². The van der Waals surface area contributed by atoms with Crippen molar-refractivity contribution in [1.29, 1.82) is 0 Å². The number of carbonyl (C=O) groups excluding carboxylic acids is 1. The Morgan fingerprint density at radius 1 is 1.50 bits per heavy atom. The lowest BCUT2D eigenvalue weighted by molar-refractivity contribution is -0.120. The first-order valence-electron chi connectivity index (χ1n) is 5.35. The van der Waals surface area contributed by atoms with E-state index >= 15 is 0 Å². The highest BCUT2D eigenvalue weighted by Gasteiger charge is 2.03. The van der Waals surface area contributed by atoms with E-state index in [0.29, 0.717) is 19.6 Å². The number of rotatable bonds is 6. The minimum Gasteiger partial charge on any atom is -0.494 e. The van der Waals surface area contributed by atoms with E-state index in [1.807, 2.05) is 31.2 Å². The second-order valence-corrected chi connectivity index (χ2v) is 3.33. The maximum atomic E-state index is 11.4. The van der Waals surface area contributed by atoms with Crippen molar-refractivity contribution in [2.24, 2.45) is 0 Å². The van der Waals surface area contributed by atoms with E-state index in [1.54, 1.807) is 0 Å². The number of aliphatic hydroxyl groups is 1. The summed E-state index contributed by atoms with van der Waals surface area (Å²) < 4.78 is 5.34. The first-order valence-corrected chi connectivity index (χ1v) is 5.35. The van der Waals surface area contributed by atoms with Crippen molar-refractivity contribution in [1.82, 2.24) is 5.32 Å². The molecule has 0 atom stereocenters. The van der Waals surface area contributed by atoms with Gasteiger partial charge in [-0.2, -0.15) is 0 Å². The van der Waals surface area contributed by atoms with Gasteiger partial charge < -0.3 is 15.2 Å². The molecule has 0 aliphatic carbocycles. The largest absolute Gasteiger partial charge is 0.494 e. The predicted octanol–water partition coefficient (Wildman–Crippen LogP) is 0.736. The second kappa shape index (κ2) is 6.85. The zero-order valence-corrected chi connectivity index (χ0v) is 9.40. The van der Waals surface area contributed by atoms with Crippen LogP contribution in [0.25, 0.3) is 0 Å². The van der Waals surface area contributed by atoms with Crippen LogP contribution in [0.15, 0.2) is 24.3 Å². The van der Waals surface area contributed by atoms with Crippen molar-refractivity contribution in [3.05, 3.63) is 29.8 Å². The molecule has 16 heavy (non-hydrogen) atoms. The van der Waals surface area contributed by atoms with E-state index in [1.165, 1.54) is 0 Å². The lowest BCUT2D eigenvalue weighted by Gasteiger charge is -2.06. The molecular formula is C12H17NO3. The first kappa shape index (κ1) is 12.5. The number of aliphatic hydroxyl groups excluding tert-OH is 1. The third-order valence-electron chi connectivity index (χ3n) is 2.01. The fourth-order valence-electron chi connectivity index (χ4n) is 1.36. The van der Waals surface area contributed by atoms with Crippen LogP contribution >= 0.6 is 0 Å². The van der Waals surface area contributed by atoms with Crippen molar-refractivity contribution < 1.29 is 14.6 Å². The summed E-state index contributed by atoms with van der Waals surface area (Å²) in [7, 11) is 0. The Labute approximate surface area is 95.2 Å². The summed E-state index contributed by atoms with van der Waals surface area (Å²) in [5.41, 5.74) is 0.904. The van der Waals surface area contributed by atoms with Crippen LogP contribution in [-0.2, 0) is 11.2 Å². The van der Waals surface area contributed by atoms with Crippen LogP contribution in [0, 0.1) is 0 Å². The molecule has 0 spiro atoms. The Balaban J connectivity index is 2.52. The van der Waals surface area contributed by atoms with Gasteiger partial charge in [-0.25, -0.2) is 0 Å². The predicted molar refractivity (Wildman–Crippen MR) is 61.4 cm³/mol. The van der Waals surface area contributed by atoms with Crippen molar-refractivity contribution in [3.63, 3.8) is 0 Å². The van der Waals surface area contributed by atoms with E-state index in [4.69, 9.17) is 9.84 Å². The van der Waals surface area contributed by atoms with Crippen molar-refractivity contribution >= 4 is 5.91 Å². The molecule has 0 aromatic heterocycles. The molecule has 0 unspecified atom stereocenters. The number of ether oxygens (including phenoxy) is 1. The molecule has 1 rings (SSSR count). The van der Waals surface area contributed by atoms with Gasteiger partial charge in [-0.15, -0.1) is 0 Å². The molecule has 1 aromatic carbocycles. The average Bonchev–Trinajstić information content (AvgIpc) is 2.27. The fraction of sp³-hybridized carbons (Fsp3) is 0.417. The zero-order valence-electron chi connectivity index (χ0n) is 9.40. The van der Waals surface area contributed by atoms with Crippen LogP contribution in [-0.4, -0.2) is 30.8 Å². The molecule has 0 aliphatic rings. The van der Waals surface area contributed by atoms with E-state index in [9.17, 15) is 4.79 Å². The van der Waals surface area contributed by atoms with Gasteiger partial charge in [0.05, 0.1) is 19.6 Å². The Bertz CT molecular complexity index is 339. The quantitative estimate of drug-likeness (QED) is 0.747. The molecule has 4 heteroatoms. The molecule has 2 N–H and O–H groups in total. The summed E-state index contributed by atoms with van der Waals surface area (Å²) >= 11 is 0. The molecule has 0 saturated heterocycles. The molecular weight excluding hydrogens is 206 g/mol. The lowest BCUT2D eigenvalue weighted by atomic mass is 10.1. The molecule has 1 amide bonds. The molecule has 0 fully saturated rings. The van der Waals surface area contributed by atoms with Crippen LogP contribution in [0.3, 0.4) is 0 Å². The van der Waals surface area contributed by atoms with Gasteiger partial charge in [-0.05, 0) is 24.6 Å². The average molecular weight is 223 g/mol.